The number of hydrogen-bond donors (Lipinski definition) is 0. The Balaban J connectivity index is 1.81. The van der Waals surface area contributed by atoms with E-state index in [1.54, 1.807) is 36.1 Å². The van der Waals surface area contributed by atoms with Crippen molar-refractivity contribution in [1.82, 2.24) is 14.8 Å². The molecule has 0 atom stereocenters. The van der Waals surface area contributed by atoms with Crippen molar-refractivity contribution in [3.63, 3.8) is 0 Å². The van der Waals surface area contributed by atoms with E-state index < -0.39 is 32.8 Å². The fourth-order valence-corrected chi connectivity index (χ4v) is 5.26. The van der Waals surface area contributed by atoms with Crippen LogP contribution in [0.2, 0.25) is 5.02 Å². The van der Waals surface area contributed by atoms with E-state index in [2.05, 4.69) is 14.8 Å². The highest BCUT2D eigenvalue weighted by Crippen LogP contribution is 2.36. The van der Waals surface area contributed by atoms with Gasteiger partial charge in [-0.25, -0.2) is 22.5 Å². The average Bonchev–Trinajstić information content (AvgIpc) is 3.21. The van der Waals surface area contributed by atoms with Gasteiger partial charge in [-0.05, 0) is 48.0 Å². The Bertz CT molecular complexity index is 1550. The predicted octanol–water partition coefficient (Wildman–Crippen LogP) is 4.82. The quantitative estimate of drug-likeness (QED) is 0.327. The third kappa shape index (κ3) is 5.00. The Morgan fingerprint density at radius 2 is 1.83 bits per heavy atom. The van der Waals surface area contributed by atoms with Crippen LogP contribution in [0.15, 0.2) is 65.8 Å². The molecule has 4 rings (SSSR count). The van der Waals surface area contributed by atoms with Crippen LogP contribution in [-0.4, -0.2) is 36.3 Å². The fraction of sp³-hybridized carbons (Fsp3) is 0.174. The second-order valence-corrected chi connectivity index (χ2v) is 10.0. The Kier molecular flexibility index (Phi) is 6.67. The summed E-state index contributed by atoms with van der Waals surface area (Å²) in [6.07, 6.45) is -2.45. The molecule has 0 N–H and O–H groups in total. The van der Waals surface area contributed by atoms with Gasteiger partial charge in [-0.3, -0.25) is 4.68 Å². The average molecular weight is 539 g/mol. The fourth-order valence-electron chi connectivity index (χ4n) is 3.51. The van der Waals surface area contributed by atoms with Gasteiger partial charge in [-0.1, -0.05) is 17.7 Å². The number of anilines is 1. The van der Waals surface area contributed by atoms with Crippen LogP contribution in [0.1, 0.15) is 21.5 Å². The minimum atomic E-state index is -4.71. The van der Waals surface area contributed by atoms with E-state index in [1.165, 1.54) is 31.4 Å². The summed E-state index contributed by atoms with van der Waals surface area (Å²) in [7, 11) is -1.47. The summed E-state index contributed by atoms with van der Waals surface area (Å²) in [5.41, 5.74) is 0.200. The van der Waals surface area contributed by atoms with Crippen molar-refractivity contribution >= 4 is 44.3 Å². The van der Waals surface area contributed by atoms with Crippen LogP contribution < -0.4 is 4.31 Å². The lowest BCUT2D eigenvalue weighted by molar-refractivity contribution is -0.137. The van der Waals surface area contributed by atoms with Crippen molar-refractivity contribution in [3.8, 4) is 0 Å². The number of aromatic nitrogens is 3. The molecule has 2 aromatic carbocycles. The number of sulfonamides is 1. The molecule has 0 unspecified atom stereocenters. The number of ether oxygens (including phenoxy) is 1. The zero-order valence-electron chi connectivity index (χ0n) is 18.8. The molecule has 0 bridgehead atoms. The van der Waals surface area contributed by atoms with Crippen molar-refractivity contribution in [3.05, 3.63) is 82.6 Å². The number of carbonyl (C=O) groups excluding carboxylic acids is 1. The molecule has 0 saturated carbocycles. The summed E-state index contributed by atoms with van der Waals surface area (Å²) in [6.45, 7) is -0.288. The molecule has 8 nitrogen and oxygen atoms in total. The summed E-state index contributed by atoms with van der Waals surface area (Å²) in [5.74, 6) is -1.04. The first-order valence-electron chi connectivity index (χ1n) is 10.3. The zero-order valence-corrected chi connectivity index (χ0v) is 20.4. The molecular formula is C23H18ClF3N4O4S. The maximum atomic E-state index is 13.7. The van der Waals surface area contributed by atoms with Crippen molar-refractivity contribution in [2.75, 3.05) is 11.4 Å². The van der Waals surface area contributed by atoms with Gasteiger partial charge < -0.3 is 4.74 Å². The molecule has 2 aromatic heterocycles. The Hall–Kier alpha value is -3.64. The molecule has 4 aromatic rings. The number of esters is 1. The second kappa shape index (κ2) is 9.43. The minimum absolute atomic E-state index is 0.121. The number of alkyl halides is 3. The molecule has 188 valence electrons. The van der Waals surface area contributed by atoms with Gasteiger partial charge in [0.1, 0.15) is 0 Å². The van der Waals surface area contributed by atoms with Gasteiger partial charge in [0.25, 0.3) is 10.0 Å². The van der Waals surface area contributed by atoms with Crippen molar-refractivity contribution in [1.29, 1.82) is 0 Å². The minimum Gasteiger partial charge on any atom is -0.465 e. The number of aryl methyl sites for hydroxylation is 1. The summed E-state index contributed by atoms with van der Waals surface area (Å²) in [6, 6.07) is 10.6. The third-order valence-corrected chi connectivity index (χ3v) is 7.29. The first-order chi connectivity index (χ1) is 16.9. The molecule has 0 spiro atoms. The van der Waals surface area contributed by atoms with Crippen LogP contribution in [0, 0.1) is 0 Å². The van der Waals surface area contributed by atoms with Gasteiger partial charge in [0.2, 0.25) is 0 Å². The molecule has 0 fully saturated rings. The van der Waals surface area contributed by atoms with E-state index in [0.29, 0.717) is 23.3 Å². The van der Waals surface area contributed by atoms with E-state index in [1.807, 2.05) is 0 Å². The van der Waals surface area contributed by atoms with E-state index in [9.17, 15) is 26.4 Å². The van der Waals surface area contributed by atoms with Crippen LogP contribution in [0.25, 0.3) is 10.9 Å². The van der Waals surface area contributed by atoms with E-state index in [-0.39, 0.29) is 22.8 Å². The number of halogens is 4. The van der Waals surface area contributed by atoms with E-state index in [0.717, 1.165) is 9.69 Å². The lowest BCUT2D eigenvalue weighted by Gasteiger charge is -2.25. The molecule has 2 heterocycles. The van der Waals surface area contributed by atoms with Crippen LogP contribution in [0.5, 0.6) is 0 Å². The smallest absolute Gasteiger partial charge is 0.417 e. The SMILES string of the molecule is COC(=O)c1ccc(S(=O)(=O)N(Cc2ccc3nn(C)cc3c2)c2ncc(C(F)(F)F)cc2Cl)cc1. The van der Waals surface area contributed by atoms with Crippen LogP contribution in [-0.2, 0) is 34.5 Å². The molecule has 0 aliphatic rings. The monoisotopic (exact) mass is 538 g/mol. The van der Waals surface area contributed by atoms with Crippen LogP contribution in [0.4, 0.5) is 19.0 Å². The van der Waals surface area contributed by atoms with Gasteiger partial charge >= 0.3 is 12.1 Å². The summed E-state index contributed by atoms with van der Waals surface area (Å²) in [4.78, 5) is 15.3. The Morgan fingerprint density at radius 3 is 2.44 bits per heavy atom. The molecule has 36 heavy (non-hydrogen) atoms. The third-order valence-electron chi connectivity index (χ3n) is 5.26. The van der Waals surface area contributed by atoms with E-state index in [4.69, 9.17) is 11.6 Å². The molecular weight excluding hydrogens is 521 g/mol. The molecule has 0 saturated heterocycles. The summed E-state index contributed by atoms with van der Waals surface area (Å²) in [5, 5.41) is 4.51. The van der Waals surface area contributed by atoms with Crippen LogP contribution >= 0.6 is 11.6 Å². The number of carbonyl (C=O) groups is 1. The highest BCUT2D eigenvalue weighted by Gasteiger charge is 2.34. The number of methoxy groups -OCH3 is 1. The van der Waals surface area contributed by atoms with E-state index >= 15 is 0 Å². The van der Waals surface area contributed by atoms with Gasteiger partial charge in [0, 0.05) is 24.8 Å². The maximum Gasteiger partial charge on any atom is 0.417 e. The first-order valence-corrected chi connectivity index (χ1v) is 12.1. The second-order valence-electron chi connectivity index (χ2n) is 7.75. The van der Waals surface area contributed by atoms with Gasteiger partial charge in [0.05, 0.1) is 40.2 Å². The van der Waals surface area contributed by atoms with Crippen molar-refractivity contribution in [2.45, 2.75) is 17.6 Å². The number of benzene rings is 2. The number of rotatable bonds is 6. The number of hydrogen-bond acceptors (Lipinski definition) is 6. The maximum absolute atomic E-state index is 13.7. The molecule has 0 aliphatic heterocycles. The van der Waals surface area contributed by atoms with Gasteiger partial charge in [-0.2, -0.15) is 18.3 Å². The first kappa shape index (κ1) is 25.5. The largest absolute Gasteiger partial charge is 0.465 e. The normalized spacial score (nSPS) is 12.1. The molecule has 0 amide bonds. The molecule has 13 heteroatoms. The van der Waals surface area contributed by atoms with Gasteiger partial charge in [-0.15, -0.1) is 0 Å². The Labute approximate surface area is 208 Å². The lowest BCUT2D eigenvalue weighted by Crippen LogP contribution is -2.32. The topological polar surface area (TPSA) is 94.4 Å². The lowest BCUT2D eigenvalue weighted by atomic mass is 10.1. The number of nitrogens with zero attached hydrogens (tertiary/aromatic N) is 4. The van der Waals surface area contributed by atoms with Crippen molar-refractivity contribution < 1.29 is 31.1 Å². The summed E-state index contributed by atoms with van der Waals surface area (Å²) < 4.78 is 73.8. The summed E-state index contributed by atoms with van der Waals surface area (Å²) >= 11 is 6.13. The zero-order chi connectivity index (χ0) is 26.3. The highest BCUT2D eigenvalue weighted by atomic mass is 35.5. The Morgan fingerprint density at radius 1 is 1.14 bits per heavy atom. The van der Waals surface area contributed by atoms with Crippen LogP contribution in [0.3, 0.4) is 0 Å². The number of pyridine rings is 1. The number of fused-ring (bicyclic) bond motifs is 1. The standard InChI is InChI=1S/C23H18ClF3N4O4S/c1-30-13-16-9-14(3-8-20(16)29-30)12-31(21-19(24)10-17(11-28-21)23(25,26)27)36(33,34)18-6-4-15(5-7-18)22(32)35-2/h3-11,13H,12H2,1-2H3. The van der Waals surface area contributed by atoms with Crippen molar-refractivity contribution in [2.24, 2.45) is 7.05 Å². The highest BCUT2D eigenvalue weighted by molar-refractivity contribution is 7.92. The van der Waals surface area contributed by atoms with Gasteiger partial charge in [0.15, 0.2) is 5.82 Å². The molecule has 0 radical (unpaired) electrons. The predicted molar refractivity (Wildman–Crippen MR) is 126 cm³/mol. The molecule has 0 aliphatic carbocycles.